The average molecular weight is 871 g/mol. The molecular formula is C47H41F3O7S3. The summed E-state index contributed by atoms with van der Waals surface area (Å²) in [6.07, 6.45) is -5.19. The summed E-state index contributed by atoms with van der Waals surface area (Å²) in [6.45, 7) is 1.82. The molecule has 0 saturated carbocycles. The molecule has 0 spiro atoms. The fourth-order valence-corrected chi connectivity index (χ4v) is 9.81. The van der Waals surface area contributed by atoms with Crippen LogP contribution in [0.15, 0.2) is 228 Å². The molecule has 0 atom stereocenters. The zero-order chi connectivity index (χ0) is 43.5. The van der Waals surface area contributed by atoms with Gasteiger partial charge in [-0.25, -0.2) is 8.42 Å². The Bertz CT molecular complexity index is 2220. The normalized spacial score (nSPS) is 10.8. The highest BCUT2D eigenvalue weighted by atomic mass is 32.2. The minimum absolute atomic E-state index is 0.0804. The van der Waals surface area contributed by atoms with E-state index in [-0.39, 0.29) is 26.7 Å². The van der Waals surface area contributed by atoms with Crippen molar-refractivity contribution in [1.29, 1.82) is 0 Å². The van der Waals surface area contributed by atoms with Gasteiger partial charge in [0.25, 0.3) is 0 Å². The molecule has 0 heterocycles. The van der Waals surface area contributed by atoms with Gasteiger partial charge in [-0.3, -0.25) is 0 Å². The van der Waals surface area contributed by atoms with Crippen molar-refractivity contribution in [2.24, 2.45) is 0 Å². The molecule has 0 amide bonds. The van der Waals surface area contributed by atoms with Crippen molar-refractivity contribution in [1.82, 2.24) is 0 Å². The number of ether oxygens (including phenoxy) is 2. The third-order valence-electron chi connectivity index (χ3n) is 8.05. The van der Waals surface area contributed by atoms with Gasteiger partial charge in [-0.15, -0.1) is 0 Å². The van der Waals surface area contributed by atoms with Gasteiger partial charge in [-0.1, -0.05) is 90.5 Å². The Kier molecular flexibility index (Phi) is 17.9. The molecule has 7 nitrogen and oxygen atoms in total. The number of carboxylic acids is 1. The third-order valence-corrected chi connectivity index (χ3v) is 13.4. The predicted octanol–water partition coefficient (Wildman–Crippen LogP) is 9.78. The molecule has 310 valence electrons. The number of carbonyl (C=O) groups is 1. The number of halogens is 3. The van der Waals surface area contributed by atoms with Crippen LogP contribution in [-0.4, -0.2) is 39.3 Å². The lowest BCUT2D eigenvalue weighted by atomic mass is 10.2. The molecule has 0 aromatic heterocycles. The number of aryl methyl sites for hydroxylation is 1. The summed E-state index contributed by atoms with van der Waals surface area (Å²) < 4.78 is 73.2. The quantitative estimate of drug-likeness (QED) is 0.105. The lowest BCUT2D eigenvalue weighted by Gasteiger charge is -2.08. The number of rotatable bonds is 9. The molecule has 7 aromatic carbocycles. The maximum absolute atomic E-state index is 10.5. The Morgan fingerprint density at radius 3 is 0.950 bits per heavy atom. The fourth-order valence-electron chi connectivity index (χ4n) is 5.17. The smallest absolute Gasteiger partial charge is 0.430 e. The summed E-state index contributed by atoms with van der Waals surface area (Å²) in [5.74, 6) is -1.22. The van der Waals surface area contributed by atoms with Gasteiger partial charge in [-0.05, 0) is 116 Å². The number of methoxy groups -OCH3 is 2. The molecule has 7 aromatic rings. The summed E-state index contributed by atoms with van der Waals surface area (Å²) in [7, 11) is -1.04. The highest BCUT2D eigenvalue weighted by Crippen LogP contribution is 2.33. The molecule has 0 aliphatic heterocycles. The number of aliphatic carboxylic acids is 1. The van der Waals surface area contributed by atoms with Crippen molar-refractivity contribution in [3.05, 3.63) is 200 Å². The van der Waals surface area contributed by atoms with Crippen molar-refractivity contribution in [3.63, 3.8) is 0 Å². The molecule has 0 radical (unpaired) electrons. The molecular weight excluding hydrogens is 830 g/mol. The van der Waals surface area contributed by atoms with Crippen molar-refractivity contribution >= 4 is 37.9 Å². The van der Waals surface area contributed by atoms with E-state index < -0.39 is 22.3 Å². The number of carboxylic acid groups (broad SMARTS) is 1. The van der Waals surface area contributed by atoms with Gasteiger partial charge < -0.3 is 23.9 Å². The van der Waals surface area contributed by atoms with Gasteiger partial charge in [-0.2, -0.15) is 13.2 Å². The largest absolute Gasteiger partial charge is 0.744 e. The van der Waals surface area contributed by atoms with Crippen LogP contribution in [-0.2, 0) is 36.7 Å². The molecule has 0 aliphatic carbocycles. The summed E-state index contributed by atoms with van der Waals surface area (Å²) in [6, 6.07) is 65.1. The van der Waals surface area contributed by atoms with Gasteiger partial charge in [0.1, 0.15) is 27.6 Å². The summed E-state index contributed by atoms with van der Waals surface area (Å²) in [5, 5.41) is 8.78. The minimum Gasteiger partial charge on any atom is -0.744 e. The Morgan fingerprint density at radius 2 is 0.733 bits per heavy atom. The van der Waals surface area contributed by atoms with E-state index in [4.69, 9.17) is 19.4 Å². The zero-order valence-corrected chi connectivity index (χ0v) is 35.1. The van der Waals surface area contributed by atoms with Crippen LogP contribution in [0.2, 0.25) is 0 Å². The molecule has 0 aliphatic rings. The monoisotopic (exact) mass is 870 g/mol. The van der Waals surface area contributed by atoms with E-state index in [1.165, 1.54) is 41.5 Å². The van der Waals surface area contributed by atoms with Crippen LogP contribution in [0.4, 0.5) is 13.2 Å². The van der Waals surface area contributed by atoms with Gasteiger partial charge in [0.15, 0.2) is 29.4 Å². The van der Waals surface area contributed by atoms with Crippen LogP contribution in [0.1, 0.15) is 5.56 Å². The lowest BCUT2D eigenvalue weighted by Crippen LogP contribution is -2.37. The minimum atomic E-state index is -5.19. The maximum atomic E-state index is 10.5. The molecule has 60 heavy (non-hydrogen) atoms. The summed E-state index contributed by atoms with van der Waals surface area (Å²) in [4.78, 5) is 16.5. The van der Waals surface area contributed by atoms with Gasteiger partial charge in [0, 0.05) is 0 Å². The molecule has 0 bridgehead atoms. The van der Waals surface area contributed by atoms with Crippen LogP contribution in [0.25, 0.3) is 0 Å². The predicted molar refractivity (Wildman–Crippen MR) is 226 cm³/mol. The van der Waals surface area contributed by atoms with E-state index in [0.717, 1.165) is 17.1 Å². The molecule has 0 N–H and O–H groups in total. The summed E-state index contributed by atoms with van der Waals surface area (Å²) >= 11 is 0. The second-order valence-electron chi connectivity index (χ2n) is 12.3. The Morgan fingerprint density at radius 1 is 0.483 bits per heavy atom. The Balaban J connectivity index is 0.000000191. The van der Waals surface area contributed by atoms with E-state index in [1.54, 1.807) is 26.4 Å². The Hall–Kier alpha value is -5.99. The lowest BCUT2D eigenvalue weighted by molar-refractivity contribution is -0.344. The number of hydrogen-bond donors (Lipinski definition) is 0. The molecule has 7 rings (SSSR count). The second kappa shape index (κ2) is 23.0. The van der Waals surface area contributed by atoms with Crippen LogP contribution in [0.5, 0.6) is 11.5 Å². The summed E-state index contributed by atoms with van der Waals surface area (Å²) in [5.41, 5.74) is 0.928. The number of hydrogen-bond acceptors (Lipinski definition) is 7. The highest BCUT2D eigenvalue weighted by molar-refractivity contribution is 7.97. The average Bonchev–Trinajstić information content (AvgIpc) is 3.26. The first kappa shape index (κ1) is 46.7. The van der Waals surface area contributed by atoms with E-state index in [9.17, 15) is 26.1 Å². The van der Waals surface area contributed by atoms with Gasteiger partial charge in [0.2, 0.25) is 0 Å². The van der Waals surface area contributed by atoms with Crippen molar-refractivity contribution in [3.8, 4) is 11.5 Å². The van der Waals surface area contributed by atoms with E-state index in [0.29, 0.717) is 0 Å². The van der Waals surface area contributed by atoms with Crippen LogP contribution >= 0.6 is 0 Å². The molecule has 0 unspecified atom stereocenters. The standard InChI is InChI=1S/2C19H17OS.C7H8O3S.C2HF3O2/c2*1-20-16-12-14-19(15-13-16)21(17-8-4-2-5-9-17)18-10-6-3-7-11-18;1-6-2-4-7(5-3-6)11(8,9)10;3-2(4,5)1(6)7/h2*2-15H,1H3;2-5H,1H3,(H,8,9,10);(H,6,7)/q2*+1;;/p-2. The first-order valence-corrected chi connectivity index (χ1v) is 21.8. The van der Waals surface area contributed by atoms with Crippen LogP contribution in [0, 0.1) is 6.92 Å². The number of carbonyl (C=O) groups excluding carboxylic acids is 1. The van der Waals surface area contributed by atoms with E-state index >= 15 is 0 Å². The van der Waals surface area contributed by atoms with Crippen LogP contribution in [0.3, 0.4) is 0 Å². The number of alkyl halides is 3. The molecule has 0 fully saturated rings. The van der Waals surface area contributed by atoms with Crippen molar-refractivity contribution in [2.75, 3.05) is 14.2 Å². The van der Waals surface area contributed by atoms with E-state index in [1.807, 2.05) is 31.2 Å². The van der Waals surface area contributed by atoms with Gasteiger partial charge >= 0.3 is 6.18 Å². The maximum Gasteiger partial charge on any atom is 0.430 e. The zero-order valence-electron chi connectivity index (χ0n) is 32.7. The first-order chi connectivity index (χ1) is 28.7. The SMILES string of the molecule is COc1ccc([S+](c2ccccc2)c2ccccc2)cc1.COc1ccc([S+](c2ccccc2)c2ccccc2)cc1.Cc1ccc(S(=O)(=O)[O-])cc1.O=C([O-])C(F)(F)F. The van der Waals surface area contributed by atoms with E-state index in [2.05, 4.69) is 146 Å². The van der Waals surface area contributed by atoms with Crippen LogP contribution < -0.4 is 14.6 Å². The van der Waals surface area contributed by atoms with Crippen molar-refractivity contribution in [2.45, 2.75) is 47.4 Å². The van der Waals surface area contributed by atoms with Gasteiger partial charge in [0.05, 0.1) is 40.9 Å². The van der Waals surface area contributed by atoms with Crippen molar-refractivity contribution < 1.29 is 45.5 Å². The second-order valence-corrected chi connectivity index (χ2v) is 17.7. The molecule has 0 saturated heterocycles. The topological polar surface area (TPSA) is 116 Å². The fraction of sp³-hybridized carbons (Fsp3) is 0.0851. The number of benzene rings is 7. The highest BCUT2D eigenvalue weighted by Gasteiger charge is 2.30. The third kappa shape index (κ3) is 14.7. The Labute approximate surface area is 354 Å². The molecule has 13 heteroatoms. The first-order valence-electron chi connectivity index (χ1n) is 18.0.